The number of aliphatic hydroxyl groups excluding tert-OH is 1. The third-order valence-electron chi connectivity index (χ3n) is 45.5. The van der Waals surface area contributed by atoms with Gasteiger partial charge in [-0.2, -0.15) is 0 Å². The molecule has 1 spiro atoms. The van der Waals surface area contributed by atoms with Crippen LogP contribution in [0.1, 0.15) is 362 Å². The normalized spacial score (nSPS) is 46.9. The molecule has 0 aromatic rings. The van der Waals surface area contributed by atoms with E-state index in [2.05, 4.69) is 149 Å². The molecule has 13 nitrogen and oxygen atoms in total. The molecule has 0 aromatic carbocycles. The molecule has 20 saturated carbocycles. The summed E-state index contributed by atoms with van der Waals surface area (Å²) in [5.74, 6) is 20.3. The molecular weight excluding hydrogens is 2570 g/mol. The number of Topliss-reactive ketones (excluding diaryl/α,β-unsaturated/α-hetero) is 1. The summed E-state index contributed by atoms with van der Waals surface area (Å²) in [5.41, 5.74) is 8.43. The van der Waals surface area contributed by atoms with Crippen LogP contribution in [-0.2, 0) is 96.5 Å². The molecule has 26 heteroatoms. The second-order valence-electron chi connectivity index (χ2n) is 50.6. The van der Waals surface area contributed by atoms with Crippen molar-refractivity contribution in [3.8, 4) is 0 Å². The van der Waals surface area contributed by atoms with Gasteiger partial charge >= 0.3 is 117 Å². The summed E-state index contributed by atoms with van der Waals surface area (Å²) >= 11 is 13.9. The Hall–Kier alpha value is 5.38. The zero-order valence-electron chi connectivity index (χ0n) is 93.8. The van der Waals surface area contributed by atoms with E-state index in [1.807, 2.05) is 56.3 Å². The molecule has 0 amide bonds. The molecule has 20 aliphatic carbocycles. The van der Waals surface area contributed by atoms with Gasteiger partial charge in [0.25, 0.3) is 0 Å². The van der Waals surface area contributed by atoms with Crippen molar-refractivity contribution in [1.29, 1.82) is 0 Å². The number of alkyl halides is 2. The third kappa shape index (κ3) is 28.8. The predicted octanol–water partition coefficient (Wildman–Crippen LogP) is 26.1. The maximum atomic E-state index is 12.0. The Balaban J connectivity index is 0.000000233. The van der Waals surface area contributed by atoms with Gasteiger partial charge in [0, 0.05) is 140 Å². The van der Waals surface area contributed by atoms with E-state index in [0.29, 0.717) is 93.0 Å². The SMILES string of the molecule is C.C1CCOC1.CC=C1CC[C@H]2[C@@H]3C[C@@H](OC)[C@H]4CC(=O)CC[C@@H]4[C@H]3CC[C@]12C.CC=C1CC[C@H]2[C@@H]3C[C@@H](OC)[C@H]4CC(OC)(OC)CC[C@@H]4[C@H]3CC[C@]12C.CC=C1CC[C@H]2[C@@H]3C[C@@H](OC)[C@H]4CC5(CC[C@@H]4[C@H]3CC[C@]12C)CO5.CC=C1CC[C@H]2[C@@H]3C[C@@H](OC)[C@H]4C[C@](C)(O)CC[C@@H]4[C@H]3CC[C@]12C.CO[C@@H]1C[C@@H]2[C@H](CC[C@]3(C)[C@@H](C(C)O)CC[C@@H]23)[C@H]2CC[C@@](C)(O)C[C@@H]21.CPC.ClCCl.[AlH3].[H-].[K].[Li+].[S]=[W].[S]=[W].[S]=[W][I]. The molecule has 3 N–H and O–H groups in total. The number of ether oxygens (including phenoxy) is 9. The van der Waals surface area contributed by atoms with Gasteiger partial charge in [0.15, 0.2) is 23.1 Å². The van der Waals surface area contributed by atoms with Gasteiger partial charge in [-0.1, -0.05) is 88.6 Å². The first-order valence-corrected chi connectivity index (χ1v) is 79.4. The Morgan fingerprint density at radius 3 is 1.02 bits per heavy atom. The number of halogens is 3. The van der Waals surface area contributed by atoms with Gasteiger partial charge in [-0.3, -0.25) is 4.79 Å². The number of epoxide rings is 1. The summed E-state index contributed by atoms with van der Waals surface area (Å²) in [6.07, 6.45) is 63.4. The first kappa shape index (κ1) is 134. The van der Waals surface area contributed by atoms with Crippen LogP contribution in [0.3, 0.4) is 0 Å². The van der Waals surface area contributed by atoms with E-state index in [0.717, 1.165) is 210 Å². The fourth-order valence-electron chi connectivity index (χ4n) is 39.2. The number of aliphatic hydroxyl groups is 3. The summed E-state index contributed by atoms with van der Waals surface area (Å²) in [6, 6.07) is 0. The van der Waals surface area contributed by atoms with Gasteiger partial charge in [-0.05, 0) is 487 Å². The van der Waals surface area contributed by atoms with Crippen LogP contribution in [0.2, 0.25) is 0 Å². The molecule has 22 aliphatic rings. The number of allylic oxidation sites excluding steroid dienone is 8. The Labute approximate surface area is 1010 Å². The van der Waals surface area contributed by atoms with E-state index in [4.69, 9.17) is 65.8 Å². The predicted molar refractivity (Wildman–Crippen MR) is 605 cm³/mol. The van der Waals surface area contributed by atoms with E-state index < -0.39 is 11.2 Å². The molecule has 2 aliphatic heterocycles. The third-order valence-corrected chi connectivity index (χ3v) is 45.5. The Morgan fingerprint density at radius 2 is 0.722 bits per heavy atom. The molecule has 0 bridgehead atoms. The van der Waals surface area contributed by atoms with E-state index in [1.54, 1.807) is 36.5 Å². The fraction of sp³-hybridized carbons (Fsp3) is 0.924. The van der Waals surface area contributed by atoms with Gasteiger partial charge in [-0.15, -0.1) is 31.8 Å². The number of ketones is 1. The number of hydrogen-bond acceptors (Lipinski definition) is 16. The van der Waals surface area contributed by atoms with Gasteiger partial charge in [0.1, 0.15) is 5.78 Å². The van der Waals surface area contributed by atoms with Crippen molar-refractivity contribution in [2.24, 2.45) is 181 Å². The Kier molecular flexibility index (Phi) is 56.2. The molecule has 22 rings (SSSR count). The van der Waals surface area contributed by atoms with Crippen LogP contribution in [0.5, 0.6) is 0 Å². The molecule has 2 unspecified atom stereocenters. The first-order chi connectivity index (χ1) is 67.1. The van der Waals surface area contributed by atoms with E-state index >= 15 is 0 Å². The number of carbonyl (C=O) groups excluding carboxylic acids is 1. The van der Waals surface area contributed by atoms with Crippen LogP contribution in [0.4, 0.5) is 0 Å². The molecule has 22 fully saturated rings. The summed E-state index contributed by atoms with van der Waals surface area (Å²) in [6.45, 7) is 35.1. The quantitative estimate of drug-likeness (QED) is 0.0400. The van der Waals surface area contributed by atoms with Crippen LogP contribution < -0.4 is 18.9 Å². The van der Waals surface area contributed by atoms with Crippen LogP contribution >= 0.6 is 80.6 Å². The monoisotopic (exact) mass is 2780 g/mol. The number of rotatable bonds is 8. The second-order valence-corrected chi connectivity index (χ2v) is 62.7. The zero-order valence-corrected chi connectivity index (χ0v) is 112. The van der Waals surface area contributed by atoms with Gasteiger partial charge < -0.3 is 59.4 Å². The van der Waals surface area contributed by atoms with E-state index in [1.165, 1.54) is 248 Å². The maximum absolute atomic E-state index is 12.0. The number of fused-ring (bicyclic) bond motifs is 25. The van der Waals surface area contributed by atoms with Crippen LogP contribution in [0, 0.1) is 181 Å². The van der Waals surface area contributed by atoms with Crippen molar-refractivity contribution in [3.63, 3.8) is 0 Å². The summed E-state index contributed by atoms with van der Waals surface area (Å²) in [7, 11) is 27.1. The van der Waals surface area contributed by atoms with E-state index in [9.17, 15) is 20.1 Å². The Bertz CT molecular complexity index is 3980. The van der Waals surface area contributed by atoms with Gasteiger partial charge in [0.05, 0.1) is 65.4 Å². The van der Waals surface area contributed by atoms with Crippen molar-refractivity contribution >= 4 is 155 Å². The molecule has 144 heavy (non-hydrogen) atoms. The van der Waals surface area contributed by atoms with Crippen molar-refractivity contribution in [2.45, 2.75) is 419 Å². The van der Waals surface area contributed by atoms with Gasteiger partial charge in [-0.25, -0.2) is 0 Å². The van der Waals surface area contributed by atoms with E-state index in [-0.39, 0.29) is 132 Å². The van der Waals surface area contributed by atoms with Crippen molar-refractivity contribution in [1.82, 2.24) is 0 Å². The summed E-state index contributed by atoms with van der Waals surface area (Å²) < 4.78 is 52.6. The minimum atomic E-state index is -0.501. The topological polar surface area (TPSA) is 164 Å². The zero-order chi connectivity index (χ0) is 102. The standard InChI is InChI=1S/C23H38O3.C22H38O3.C22H34O2.C22H36O2.C21H32O2.C4H8O.C2H7P.CH2Cl2.CH4.Al.HI.K.Li.3S.3W.4H/c1-6-15-7-8-20-18-13-21(24-3)19-14-23(25-4,26-5)12-10-17(19)16(18)9-11-22(15,20)2;1-13(23)18-5-6-19-16-11-20(25-4)17-12-21(2,24)9-7-15(17)14(16)8-10-22(18,19)3;1-4-14-5-6-19-17-11-20(23-3)18-12-22(13-24-22)10-8-16(18)15(17)7-9-21(14,19)2;1-5-14-6-7-19-17-12-20(24-4)18-13-21(2,23)10-8-16(18)15(17)9-11-22(14,19)3;1-4-13-5-8-19-17-12-20(23-3)18-11-14(22)6-7-15(18)16(17)9-10-21(13,19)2;1-2-4-5-3-1;1-3-2;2-1-3;;;;;;;;;;;;;;;/h6,16-21H,7-14H2,1-5H3;13-20,23-24H,5-12H2,1-4H3;4,15-20H,5-13H2,1-3H3;5,15-20,23H,6-13H2,1-4H3;4,15-20H,5-12H2,1-3H3;1-4H2;3H,1-2H3;1H2;1H4;;1H;;;;;;;;;;;;/q;;;;;;;;;;;;+1;;;;;;+1;;;;-1/p-1/t16-,17-,18-,19+,20+,21-,22-;13?,14-,15-,16-,17+,18-,19+,20-,21-,22-;15-,16-,17-,18+,19+,20-,21-,22?;15-,16-,17-,18+,19+,20-,21-,22-;15-,16-,17-,18+,19+,20-,21-;;;;;;;;;;;;;;;;;;/m11111................../s1. The molecule has 1 radical (unpaired) electrons. The fourth-order valence-corrected chi connectivity index (χ4v) is 39.2. The summed E-state index contributed by atoms with van der Waals surface area (Å²) in [5, 5.41) is 31.8. The number of methoxy groups -OCH3 is 7. The number of hydrogen-bond donors (Lipinski definition) is 3. The van der Waals surface area contributed by atoms with Gasteiger partial charge in [0.2, 0.25) is 0 Å². The van der Waals surface area contributed by atoms with Crippen LogP contribution in [-0.4, -0.2) is 237 Å². The average Bonchev–Trinajstić information content (AvgIpc) is 1.60. The van der Waals surface area contributed by atoms with Crippen LogP contribution in [0.25, 0.3) is 0 Å². The molecule has 40 atom stereocenters. The molecule has 820 valence electrons. The first-order valence-electron chi connectivity index (χ1n) is 56.3. The molecular formula is C118H203AlCl2IKLiO13PS3W3. The second kappa shape index (κ2) is 60.2. The Morgan fingerprint density at radius 1 is 0.444 bits per heavy atom. The molecule has 2 heterocycles. The van der Waals surface area contributed by atoms with Crippen molar-refractivity contribution in [3.05, 3.63) is 46.6 Å². The molecule has 0 aromatic heterocycles. The molecule has 2 saturated heterocycles. The van der Waals surface area contributed by atoms with Crippen LogP contribution in [0.15, 0.2) is 46.6 Å². The number of carbonyl (C=O) groups is 1. The van der Waals surface area contributed by atoms with Crippen molar-refractivity contribution in [2.75, 3.05) is 88.3 Å². The minimum absolute atomic E-state index is 0. The van der Waals surface area contributed by atoms with Crippen molar-refractivity contribution < 1.29 is 132 Å². The summed E-state index contributed by atoms with van der Waals surface area (Å²) in [4.78, 5) is 12.0. The average molecular weight is 2780 g/mol.